The minimum atomic E-state index is -0.115. The molecule has 0 fully saturated rings. The molecule has 7 heteroatoms. The van der Waals surface area contributed by atoms with Crippen LogP contribution in [-0.4, -0.2) is 21.4 Å². The van der Waals surface area contributed by atoms with Gasteiger partial charge in [0.05, 0.1) is 29.5 Å². The van der Waals surface area contributed by atoms with E-state index in [4.69, 9.17) is 9.72 Å². The molecule has 142 valence electrons. The molecule has 27 heavy (non-hydrogen) atoms. The van der Waals surface area contributed by atoms with Crippen LogP contribution in [0.3, 0.4) is 0 Å². The molecule has 0 aliphatic rings. The Morgan fingerprint density at radius 3 is 2.56 bits per heavy atom. The Morgan fingerprint density at radius 2 is 1.89 bits per heavy atom. The van der Waals surface area contributed by atoms with Crippen LogP contribution in [0.4, 0.5) is 0 Å². The van der Waals surface area contributed by atoms with E-state index in [-0.39, 0.29) is 10.3 Å². The molecule has 0 radical (unpaired) electrons. The topological polar surface area (TPSA) is 44.1 Å². The van der Waals surface area contributed by atoms with E-state index in [1.54, 1.807) is 23.4 Å². The number of fused-ring (bicyclic) bond motifs is 1. The highest BCUT2D eigenvalue weighted by atomic mass is 79.9. The molecule has 0 aliphatic carbocycles. The molecule has 0 atom stereocenters. The Hall–Kier alpha value is -1.31. The first kappa shape index (κ1) is 20.4. The highest BCUT2D eigenvalue weighted by molar-refractivity contribution is 9.11. The van der Waals surface area contributed by atoms with E-state index in [1.807, 2.05) is 36.4 Å². The van der Waals surface area contributed by atoms with Gasteiger partial charge in [-0.3, -0.25) is 9.36 Å². The summed E-state index contributed by atoms with van der Waals surface area (Å²) in [4.78, 5) is 18.3. The second-order valence-corrected chi connectivity index (χ2v) is 10.6. The first-order valence-electron chi connectivity index (χ1n) is 8.39. The van der Waals surface area contributed by atoms with E-state index in [2.05, 4.69) is 52.6 Å². The first-order chi connectivity index (χ1) is 12.7. The summed E-state index contributed by atoms with van der Waals surface area (Å²) in [5, 5.41) is 0.548. The number of halogens is 2. The van der Waals surface area contributed by atoms with Gasteiger partial charge in [0.1, 0.15) is 11.6 Å². The normalized spacial score (nSPS) is 11.8. The Labute approximate surface area is 179 Å². The summed E-state index contributed by atoms with van der Waals surface area (Å²) in [6, 6.07) is 11.2. The fourth-order valence-electron chi connectivity index (χ4n) is 2.70. The molecule has 4 nitrogen and oxygen atoms in total. The summed E-state index contributed by atoms with van der Waals surface area (Å²) in [5.41, 5.74) is 1.25. The summed E-state index contributed by atoms with van der Waals surface area (Å²) in [5.74, 6) is 1.94. The smallest absolute Gasteiger partial charge is 0.266 e. The van der Waals surface area contributed by atoms with Crippen LogP contribution in [0.2, 0.25) is 0 Å². The fraction of sp³-hybridized carbons (Fsp3) is 0.300. The van der Waals surface area contributed by atoms with Crippen molar-refractivity contribution in [2.45, 2.75) is 31.3 Å². The van der Waals surface area contributed by atoms with Crippen LogP contribution >= 0.6 is 43.6 Å². The number of methoxy groups -OCH3 is 1. The zero-order chi connectivity index (χ0) is 19.8. The first-order valence-corrected chi connectivity index (χ1v) is 11.0. The molecule has 0 amide bonds. The maximum absolute atomic E-state index is 13.5. The van der Waals surface area contributed by atoms with Crippen molar-refractivity contribution in [1.82, 2.24) is 9.55 Å². The number of aromatic nitrogens is 2. The number of para-hydroxylation sites is 2. The molecule has 3 rings (SSSR count). The van der Waals surface area contributed by atoms with Gasteiger partial charge < -0.3 is 4.74 Å². The van der Waals surface area contributed by atoms with E-state index in [0.717, 1.165) is 8.95 Å². The van der Waals surface area contributed by atoms with E-state index < -0.39 is 0 Å². The Balaban J connectivity index is 2.34. The number of thioether (sulfide) groups is 1. The zero-order valence-corrected chi connectivity index (χ0v) is 19.5. The molecular weight excluding hydrogens is 492 g/mol. The number of benzene rings is 2. The number of hydrogen-bond donors (Lipinski definition) is 0. The maximum atomic E-state index is 13.5. The summed E-state index contributed by atoms with van der Waals surface area (Å²) in [6.07, 6.45) is 0. The van der Waals surface area contributed by atoms with Gasteiger partial charge in [-0.25, -0.2) is 4.98 Å². The molecule has 0 spiro atoms. The third-order valence-corrected chi connectivity index (χ3v) is 6.25. The fourth-order valence-corrected chi connectivity index (χ4v) is 4.77. The van der Waals surface area contributed by atoms with Gasteiger partial charge in [-0.2, -0.15) is 0 Å². The van der Waals surface area contributed by atoms with Gasteiger partial charge in [0.15, 0.2) is 0 Å². The summed E-state index contributed by atoms with van der Waals surface area (Å²) >= 11 is 8.76. The molecule has 0 aliphatic heterocycles. The van der Waals surface area contributed by atoms with Crippen molar-refractivity contribution in [3.63, 3.8) is 0 Å². The molecule has 2 aromatic carbocycles. The van der Waals surface area contributed by atoms with E-state index in [0.29, 0.717) is 33.9 Å². The summed E-state index contributed by atoms with van der Waals surface area (Å²) in [6.45, 7) is 6.45. The van der Waals surface area contributed by atoms with Crippen LogP contribution in [-0.2, 0) is 5.75 Å². The van der Waals surface area contributed by atoms with Crippen molar-refractivity contribution in [3.8, 4) is 11.4 Å². The van der Waals surface area contributed by atoms with Crippen molar-refractivity contribution >= 4 is 54.5 Å². The molecule has 0 saturated carbocycles. The number of nitrogens with zero attached hydrogens (tertiary/aromatic N) is 2. The maximum Gasteiger partial charge on any atom is 0.266 e. The van der Waals surface area contributed by atoms with Gasteiger partial charge in [-0.1, -0.05) is 48.8 Å². The highest BCUT2D eigenvalue weighted by Gasteiger charge is 2.20. The number of ether oxygens (including phenoxy) is 1. The minimum Gasteiger partial charge on any atom is -0.495 e. The standard InChI is InChI=1S/C20H20Br2N2O2S/c1-20(2,3)27-11-17-23-18-13(9-12(21)10-14(18)22)19(25)24(17)15-7-5-6-8-16(15)26-4/h5-10H,11H2,1-4H3. The Bertz CT molecular complexity index is 1060. The predicted molar refractivity (Wildman–Crippen MR) is 120 cm³/mol. The van der Waals surface area contributed by atoms with Crippen LogP contribution in [0, 0.1) is 0 Å². The average molecular weight is 512 g/mol. The molecule has 0 bridgehead atoms. The van der Waals surface area contributed by atoms with Crippen molar-refractivity contribution in [1.29, 1.82) is 0 Å². The zero-order valence-electron chi connectivity index (χ0n) is 15.5. The largest absolute Gasteiger partial charge is 0.495 e. The van der Waals surface area contributed by atoms with E-state index in [1.165, 1.54) is 0 Å². The van der Waals surface area contributed by atoms with Gasteiger partial charge >= 0.3 is 0 Å². The molecule has 1 aromatic heterocycles. The van der Waals surface area contributed by atoms with Gasteiger partial charge in [-0.15, -0.1) is 11.8 Å². The lowest BCUT2D eigenvalue weighted by molar-refractivity contribution is 0.412. The number of rotatable bonds is 4. The second-order valence-electron chi connectivity index (χ2n) is 7.03. The number of hydrogen-bond acceptors (Lipinski definition) is 4. The average Bonchev–Trinajstić information content (AvgIpc) is 2.60. The van der Waals surface area contributed by atoms with Crippen molar-refractivity contribution in [2.75, 3.05) is 7.11 Å². The molecule has 1 heterocycles. The summed E-state index contributed by atoms with van der Waals surface area (Å²) < 4.78 is 8.83. The SMILES string of the molecule is COc1ccccc1-n1c(CSC(C)(C)C)nc2c(Br)cc(Br)cc2c1=O. The van der Waals surface area contributed by atoms with E-state index in [9.17, 15) is 4.79 Å². The lowest BCUT2D eigenvalue weighted by Crippen LogP contribution is -2.25. The van der Waals surface area contributed by atoms with Crippen LogP contribution in [0.5, 0.6) is 5.75 Å². The highest BCUT2D eigenvalue weighted by Crippen LogP contribution is 2.31. The quantitative estimate of drug-likeness (QED) is 0.434. The van der Waals surface area contributed by atoms with Crippen LogP contribution in [0.25, 0.3) is 16.6 Å². The third kappa shape index (κ3) is 4.41. The van der Waals surface area contributed by atoms with Gasteiger partial charge in [0, 0.05) is 13.7 Å². The lowest BCUT2D eigenvalue weighted by Gasteiger charge is -2.20. The monoisotopic (exact) mass is 510 g/mol. The molecule has 0 unspecified atom stereocenters. The third-order valence-electron chi connectivity index (χ3n) is 3.92. The van der Waals surface area contributed by atoms with Crippen molar-refractivity contribution < 1.29 is 4.74 Å². The van der Waals surface area contributed by atoms with Crippen molar-refractivity contribution in [2.24, 2.45) is 0 Å². The van der Waals surface area contributed by atoms with Gasteiger partial charge in [-0.05, 0) is 40.2 Å². The van der Waals surface area contributed by atoms with Crippen molar-refractivity contribution in [3.05, 3.63) is 61.5 Å². The Kier molecular flexibility index (Phi) is 6.03. The molecule has 0 saturated heterocycles. The van der Waals surface area contributed by atoms with Crippen LogP contribution in [0.15, 0.2) is 50.1 Å². The van der Waals surface area contributed by atoms with Gasteiger partial charge in [0.25, 0.3) is 5.56 Å². The molecule has 3 aromatic rings. The second kappa shape index (κ2) is 7.97. The van der Waals surface area contributed by atoms with Gasteiger partial charge in [0.2, 0.25) is 0 Å². The molecule has 0 N–H and O–H groups in total. The molecular formula is C20H20Br2N2O2S. The van der Waals surface area contributed by atoms with Crippen LogP contribution in [0.1, 0.15) is 26.6 Å². The minimum absolute atomic E-state index is 0.0508. The Morgan fingerprint density at radius 1 is 1.19 bits per heavy atom. The summed E-state index contributed by atoms with van der Waals surface area (Å²) in [7, 11) is 1.61. The van der Waals surface area contributed by atoms with E-state index >= 15 is 0 Å². The van der Waals surface area contributed by atoms with Crippen LogP contribution < -0.4 is 10.3 Å². The predicted octanol–water partition coefficient (Wildman–Crippen LogP) is 5.95. The lowest BCUT2D eigenvalue weighted by atomic mass is 10.2.